The first kappa shape index (κ1) is 29.6. The topological polar surface area (TPSA) is 49.8 Å². The van der Waals surface area contributed by atoms with Crippen molar-refractivity contribution in [1.29, 1.82) is 0 Å². The molecule has 3 aromatic carbocycles. The summed E-state index contributed by atoms with van der Waals surface area (Å²) in [5.74, 6) is 0.421. The van der Waals surface area contributed by atoms with Crippen molar-refractivity contribution in [2.75, 3.05) is 0 Å². The molecule has 0 amide bonds. The lowest BCUT2D eigenvalue weighted by molar-refractivity contribution is -0.152. The van der Waals surface area contributed by atoms with Gasteiger partial charge in [0, 0.05) is 32.0 Å². The standard InChI is InChI=1S/C34H45NO3/c1-26(2)20-31(38-34(37)21-27(3)4)23-33(36)32(22-28-14-8-5-9-15-28)35(24-29-16-10-6-11-17-29)25-30-18-12-7-13-19-30/h5-19,26-27,31-33,36H,20-25H2,1-4H3/t31-,32+,33+/m1/s1. The Morgan fingerprint density at radius 3 is 1.63 bits per heavy atom. The van der Waals surface area contributed by atoms with Crippen molar-refractivity contribution in [3.63, 3.8) is 0 Å². The monoisotopic (exact) mass is 515 g/mol. The van der Waals surface area contributed by atoms with Gasteiger partial charge in [-0.1, -0.05) is 119 Å². The number of aliphatic hydroxyl groups is 1. The molecule has 3 atom stereocenters. The van der Waals surface area contributed by atoms with E-state index in [0.29, 0.717) is 38.3 Å². The molecule has 0 fully saturated rings. The number of benzene rings is 3. The highest BCUT2D eigenvalue weighted by Gasteiger charge is 2.30. The number of aliphatic hydroxyl groups excluding tert-OH is 1. The molecule has 0 aliphatic carbocycles. The summed E-state index contributed by atoms with van der Waals surface area (Å²) < 4.78 is 5.94. The molecule has 0 saturated heterocycles. The molecule has 4 nitrogen and oxygen atoms in total. The predicted molar refractivity (Wildman–Crippen MR) is 155 cm³/mol. The van der Waals surface area contributed by atoms with Crippen LogP contribution in [0.25, 0.3) is 0 Å². The quantitative estimate of drug-likeness (QED) is 0.220. The summed E-state index contributed by atoms with van der Waals surface area (Å²) in [4.78, 5) is 15.0. The summed E-state index contributed by atoms with van der Waals surface area (Å²) in [6.07, 6.45) is 1.26. The van der Waals surface area contributed by atoms with Gasteiger partial charge in [-0.3, -0.25) is 9.69 Å². The summed E-state index contributed by atoms with van der Waals surface area (Å²) >= 11 is 0. The maximum Gasteiger partial charge on any atom is 0.306 e. The first-order valence-corrected chi connectivity index (χ1v) is 14.0. The Morgan fingerprint density at radius 1 is 0.711 bits per heavy atom. The lowest BCUT2D eigenvalue weighted by Crippen LogP contribution is -2.46. The Bertz CT molecular complexity index is 1010. The van der Waals surface area contributed by atoms with Gasteiger partial charge in [0.2, 0.25) is 0 Å². The fourth-order valence-corrected chi connectivity index (χ4v) is 5.00. The van der Waals surface area contributed by atoms with E-state index in [1.54, 1.807) is 0 Å². The van der Waals surface area contributed by atoms with E-state index in [2.05, 4.69) is 79.4 Å². The number of hydrogen-bond acceptors (Lipinski definition) is 4. The summed E-state index contributed by atoms with van der Waals surface area (Å²) in [5.41, 5.74) is 3.59. The fourth-order valence-electron chi connectivity index (χ4n) is 5.00. The number of ether oxygens (including phenoxy) is 1. The third kappa shape index (κ3) is 10.4. The van der Waals surface area contributed by atoms with Crippen LogP contribution in [-0.2, 0) is 29.0 Å². The maximum atomic E-state index is 12.6. The zero-order valence-electron chi connectivity index (χ0n) is 23.5. The lowest BCUT2D eigenvalue weighted by Gasteiger charge is -2.37. The highest BCUT2D eigenvalue weighted by atomic mass is 16.5. The van der Waals surface area contributed by atoms with Crippen LogP contribution in [0, 0.1) is 11.8 Å². The number of rotatable bonds is 15. The number of hydrogen-bond donors (Lipinski definition) is 1. The van der Waals surface area contributed by atoms with Gasteiger partial charge in [0.25, 0.3) is 0 Å². The van der Waals surface area contributed by atoms with Gasteiger partial charge in [-0.25, -0.2) is 0 Å². The molecule has 3 rings (SSSR count). The molecule has 0 spiro atoms. The van der Waals surface area contributed by atoms with E-state index in [1.807, 2.05) is 44.2 Å². The van der Waals surface area contributed by atoms with Crippen LogP contribution in [0.4, 0.5) is 0 Å². The Hall–Kier alpha value is -2.95. The summed E-state index contributed by atoms with van der Waals surface area (Å²) in [5, 5.41) is 11.8. The minimum atomic E-state index is -0.668. The van der Waals surface area contributed by atoms with E-state index >= 15 is 0 Å². The molecule has 0 aliphatic rings. The van der Waals surface area contributed by atoms with Crippen LogP contribution >= 0.6 is 0 Å². The summed E-state index contributed by atoms with van der Waals surface area (Å²) in [7, 11) is 0. The number of carbonyl (C=O) groups excluding carboxylic acids is 1. The Labute approximate surface area is 229 Å². The van der Waals surface area contributed by atoms with Crippen molar-refractivity contribution >= 4 is 5.97 Å². The van der Waals surface area contributed by atoms with Crippen LogP contribution in [0.5, 0.6) is 0 Å². The fraction of sp³-hybridized carbons (Fsp3) is 0.441. The van der Waals surface area contributed by atoms with E-state index in [0.717, 1.165) is 6.42 Å². The third-order valence-electron chi connectivity index (χ3n) is 6.77. The summed E-state index contributed by atoms with van der Waals surface area (Å²) in [6, 6.07) is 31.1. The molecule has 0 heterocycles. The molecule has 38 heavy (non-hydrogen) atoms. The Morgan fingerprint density at radius 2 is 1.18 bits per heavy atom. The van der Waals surface area contributed by atoms with Crippen molar-refractivity contribution in [3.05, 3.63) is 108 Å². The highest BCUT2D eigenvalue weighted by Crippen LogP contribution is 2.24. The van der Waals surface area contributed by atoms with E-state index < -0.39 is 6.10 Å². The second-order valence-corrected chi connectivity index (χ2v) is 11.3. The zero-order valence-corrected chi connectivity index (χ0v) is 23.5. The molecule has 0 saturated carbocycles. The molecule has 0 aromatic heterocycles. The van der Waals surface area contributed by atoms with Crippen LogP contribution < -0.4 is 0 Å². The van der Waals surface area contributed by atoms with Crippen molar-refractivity contribution in [1.82, 2.24) is 4.90 Å². The van der Waals surface area contributed by atoms with Gasteiger partial charge < -0.3 is 9.84 Å². The van der Waals surface area contributed by atoms with Gasteiger partial charge in [0.1, 0.15) is 6.10 Å². The molecule has 0 unspecified atom stereocenters. The Kier molecular flexibility index (Phi) is 12.0. The maximum absolute atomic E-state index is 12.6. The van der Waals surface area contributed by atoms with Crippen molar-refractivity contribution in [2.45, 2.75) is 84.7 Å². The molecular formula is C34H45NO3. The number of nitrogens with zero attached hydrogens (tertiary/aromatic N) is 1. The first-order valence-electron chi connectivity index (χ1n) is 14.0. The number of carbonyl (C=O) groups is 1. The van der Waals surface area contributed by atoms with E-state index in [9.17, 15) is 9.90 Å². The van der Waals surface area contributed by atoms with Gasteiger partial charge in [0.05, 0.1) is 6.10 Å². The highest BCUT2D eigenvalue weighted by molar-refractivity contribution is 5.69. The average molecular weight is 516 g/mol. The largest absolute Gasteiger partial charge is 0.462 e. The van der Waals surface area contributed by atoms with Gasteiger partial charge in [0.15, 0.2) is 0 Å². The van der Waals surface area contributed by atoms with Crippen LogP contribution in [0.3, 0.4) is 0 Å². The van der Waals surface area contributed by atoms with E-state index in [-0.39, 0.29) is 24.0 Å². The van der Waals surface area contributed by atoms with Crippen LogP contribution in [0.15, 0.2) is 91.0 Å². The zero-order chi connectivity index (χ0) is 27.3. The molecule has 204 valence electrons. The van der Waals surface area contributed by atoms with Crippen molar-refractivity contribution in [3.8, 4) is 0 Å². The van der Waals surface area contributed by atoms with E-state index in [1.165, 1.54) is 16.7 Å². The second-order valence-electron chi connectivity index (χ2n) is 11.3. The second kappa shape index (κ2) is 15.5. The van der Waals surface area contributed by atoms with E-state index in [4.69, 9.17) is 4.74 Å². The average Bonchev–Trinajstić information content (AvgIpc) is 2.88. The minimum absolute atomic E-state index is 0.156. The molecule has 0 bridgehead atoms. The molecule has 0 aliphatic heterocycles. The summed E-state index contributed by atoms with van der Waals surface area (Å²) in [6.45, 7) is 9.74. The predicted octanol–water partition coefficient (Wildman–Crippen LogP) is 7.06. The molecule has 4 heteroatoms. The van der Waals surface area contributed by atoms with Crippen molar-refractivity contribution < 1.29 is 14.6 Å². The normalized spacial score (nSPS) is 14.0. The Balaban J connectivity index is 1.90. The smallest absolute Gasteiger partial charge is 0.306 e. The van der Waals surface area contributed by atoms with Crippen molar-refractivity contribution in [2.24, 2.45) is 11.8 Å². The minimum Gasteiger partial charge on any atom is -0.462 e. The van der Waals surface area contributed by atoms with Gasteiger partial charge in [-0.15, -0.1) is 0 Å². The number of esters is 1. The van der Waals surface area contributed by atoms with Gasteiger partial charge >= 0.3 is 5.97 Å². The van der Waals surface area contributed by atoms with Gasteiger partial charge in [-0.2, -0.15) is 0 Å². The molecule has 3 aromatic rings. The lowest BCUT2D eigenvalue weighted by atomic mass is 9.92. The third-order valence-corrected chi connectivity index (χ3v) is 6.77. The van der Waals surface area contributed by atoms with Crippen LogP contribution in [0.2, 0.25) is 0 Å². The van der Waals surface area contributed by atoms with Crippen LogP contribution in [-0.4, -0.2) is 34.2 Å². The first-order chi connectivity index (χ1) is 18.3. The molecular weight excluding hydrogens is 470 g/mol. The SMILES string of the molecule is CC(C)CC(=O)O[C@H](CC(C)C)C[C@H](O)[C@H](Cc1ccccc1)N(Cc1ccccc1)Cc1ccccc1. The molecule has 1 N–H and O–H groups in total. The van der Waals surface area contributed by atoms with Gasteiger partial charge in [-0.05, 0) is 41.4 Å². The molecule has 0 radical (unpaired) electrons. The van der Waals surface area contributed by atoms with Crippen LogP contribution in [0.1, 0.15) is 63.6 Å².